The molecular weight excluding hydrogens is 150 g/mol. The molecule has 0 radical (unpaired) electrons. The molecule has 0 amide bonds. The number of aliphatic hydroxyl groups is 1. The van der Waals surface area contributed by atoms with Gasteiger partial charge in [0.15, 0.2) is 0 Å². The molecule has 0 aromatic rings. The second-order valence-corrected chi connectivity index (χ2v) is 4.59. The van der Waals surface area contributed by atoms with E-state index in [9.17, 15) is 5.11 Å². The highest BCUT2D eigenvalue weighted by Gasteiger charge is 2.38. The minimum absolute atomic E-state index is 0.429. The molecule has 0 aromatic heterocycles. The first-order valence-electron chi connectivity index (χ1n) is 4.43. The van der Waals surface area contributed by atoms with E-state index < -0.39 is 11.1 Å². The molecule has 1 atom stereocenters. The van der Waals surface area contributed by atoms with Gasteiger partial charge in [-0.25, -0.2) is 0 Å². The molecule has 0 bridgehead atoms. The Labute approximate surface area is 75.7 Å². The number of hydrogen-bond donors (Lipinski definition) is 1. The van der Waals surface area contributed by atoms with Gasteiger partial charge in [-0.3, -0.25) is 4.99 Å². The molecule has 0 spiro atoms. The normalized spacial score (nSPS) is 17.6. The van der Waals surface area contributed by atoms with Crippen LogP contribution in [-0.4, -0.2) is 23.0 Å². The SMILES string of the molecule is C=NC(C)(CC(C)C)C(C)(C)O. The average Bonchev–Trinajstić information content (AvgIpc) is 1.83. The Bertz CT molecular complexity index is 158. The van der Waals surface area contributed by atoms with Gasteiger partial charge < -0.3 is 5.11 Å². The molecule has 0 saturated heterocycles. The average molecular weight is 171 g/mol. The van der Waals surface area contributed by atoms with Gasteiger partial charge in [0.25, 0.3) is 0 Å². The van der Waals surface area contributed by atoms with Crippen molar-refractivity contribution in [3.63, 3.8) is 0 Å². The quantitative estimate of drug-likeness (QED) is 0.647. The van der Waals surface area contributed by atoms with E-state index in [0.29, 0.717) is 5.92 Å². The number of hydrogen-bond acceptors (Lipinski definition) is 2. The van der Waals surface area contributed by atoms with Crippen LogP contribution in [0.2, 0.25) is 0 Å². The first-order valence-corrected chi connectivity index (χ1v) is 4.43. The Morgan fingerprint density at radius 3 is 1.83 bits per heavy atom. The second kappa shape index (κ2) is 3.56. The molecule has 2 nitrogen and oxygen atoms in total. The molecule has 72 valence electrons. The predicted octanol–water partition coefficient (Wildman–Crippen LogP) is 2.26. The monoisotopic (exact) mass is 171 g/mol. The van der Waals surface area contributed by atoms with Crippen molar-refractivity contribution in [2.45, 2.75) is 52.2 Å². The zero-order chi connectivity index (χ0) is 9.99. The molecule has 12 heavy (non-hydrogen) atoms. The lowest BCUT2D eigenvalue weighted by molar-refractivity contribution is -0.00161. The van der Waals surface area contributed by atoms with Crippen molar-refractivity contribution in [1.82, 2.24) is 0 Å². The zero-order valence-corrected chi connectivity index (χ0v) is 8.89. The van der Waals surface area contributed by atoms with Crippen LogP contribution in [0.25, 0.3) is 0 Å². The maximum absolute atomic E-state index is 9.85. The maximum atomic E-state index is 9.85. The molecule has 0 aliphatic heterocycles. The summed E-state index contributed by atoms with van der Waals surface area (Å²) in [6, 6.07) is 0. The smallest absolute Gasteiger partial charge is 0.0855 e. The fraction of sp³-hybridized carbons (Fsp3) is 0.900. The first kappa shape index (κ1) is 11.6. The van der Waals surface area contributed by atoms with Crippen LogP contribution in [0, 0.1) is 5.92 Å². The summed E-state index contributed by atoms with van der Waals surface area (Å²) in [7, 11) is 0. The molecule has 0 aromatic carbocycles. The highest BCUT2D eigenvalue weighted by Crippen LogP contribution is 2.31. The molecule has 1 N–H and O–H groups in total. The summed E-state index contributed by atoms with van der Waals surface area (Å²) in [6.07, 6.45) is 0.861. The highest BCUT2D eigenvalue weighted by atomic mass is 16.3. The summed E-state index contributed by atoms with van der Waals surface area (Å²) in [4.78, 5) is 4.03. The van der Waals surface area contributed by atoms with E-state index in [-0.39, 0.29) is 0 Å². The van der Waals surface area contributed by atoms with E-state index in [1.54, 1.807) is 13.8 Å². The number of nitrogens with zero attached hydrogens (tertiary/aromatic N) is 1. The molecule has 0 aliphatic rings. The van der Waals surface area contributed by atoms with Crippen LogP contribution in [0.4, 0.5) is 0 Å². The molecule has 2 heteroatoms. The Morgan fingerprint density at radius 2 is 1.75 bits per heavy atom. The summed E-state index contributed by atoms with van der Waals surface area (Å²) >= 11 is 0. The van der Waals surface area contributed by atoms with Crippen LogP contribution in [-0.2, 0) is 0 Å². The minimum Gasteiger partial charge on any atom is -0.388 e. The third-order valence-electron chi connectivity index (χ3n) is 2.47. The lowest BCUT2D eigenvalue weighted by Crippen LogP contribution is -2.46. The largest absolute Gasteiger partial charge is 0.388 e. The zero-order valence-electron chi connectivity index (χ0n) is 8.89. The van der Waals surface area contributed by atoms with Gasteiger partial charge in [0.1, 0.15) is 0 Å². The topological polar surface area (TPSA) is 32.6 Å². The van der Waals surface area contributed by atoms with Gasteiger partial charge in [0.2, 0.25) is 0 Å². The lowest BCUT2D eigenvalue weighted by Gasteiger charge is -2.38. The van der Waals surface area contributed by atoms with Gasteiger partial charge in [0, 0.05) is 0 Å². The van der Waals surface area contributed by atoms with Crippen LogP contribution in [0.15, 0.2) is 4.99 Å². The fourth-order valence-corrected chi connectivity index (χ4v) is 1.30. The van der Waals surface area contributed by atoms with Crippen molar-refractivity contribution in [2.75, 3.05) is 0 Å². The fourth-order valence-electron chi connectivity index (χ4n) is 1.30. The lowest BCUT2D eigenvalue weighted by atomic mass is 9.78. The Kier molecular flexibility index (Phi) is 3.45. The molecule has 1 unspecified atom stereocenters. The van der Waals surface area contributed by atoms with Crippen molar-refractivity contribution in [3.8, 4) is 0 Å². The number of rotatable bonds is 4. The van der Waals surface area contributed by atoms with E-state index >= 15 is 0 Å². The first-order chi connectivity index (χ1) is 5.23. The summed E-state index contributed by atoms with van der Waals surface area (Å²) in [5.41, 5.74) is -1.22. The van der Waals surface area contributed by atoms with Gasteiger partial charge in [-0.1, -0.05) is 13.8 Å². The molecule has 0 rings (SSSR count). The van der Waals surface area contributed by atoms with Crippen LogP contribution in [0.1, 0.15) is 41.0 Å². The van der Waals surface area contributed by atoms with E-state index in [1.165, 1.54) is 0 Å². The Hall–Kier alpha value is -0.370. The van der Waals surface area contributed by atoms with E-state index in [1.807, 2.05) is 6.92 Å². The molecular formula is C10H21NO. The van der Waals surface area contributed by atoms with Crippen molar-refractivity contribution in [1.29, 1.82) is 0 Å². The Balaban J connectivity index is 4.57. The Morgan fingerprint density at radius 1 is 1.33 bits per heavy atom. The summed E-state index contributed by atoms with van der Waals surface area (Å²) in [5, 5.41) is 9.85. The van der Waals surface area contributed by atoms with Crippen LogP contribution in [0.3, 0.4) is 0 Å². The molecule has 0 saturated carbocycles. The van der Waals surface area contributed by atoms with Crippen molar-refractivity contribution in [3.05, 3.63) is 0 Å². The van der Waals surface area contributed by atoms with Crippen LogP contribution in [0.5, 0.6) is 0 Å². The van der Waals surface area contributed by atoms with Gasteiger partial charge >= 0.3 is 0 Å². The van der Waals surface area contributed by atoms with E-state index in [0.717, 1.165) is 6.42 Å². The van der Waals surface area contributed by atoms with Crippen molar-refractivity contribution < 1.29 is 5.11 Å². The minimum atomic E-state index is -0.793. The third-order valence-corrected chi connectivity index (χ3v) is 2.47. The number of aliphatic imine (C=N–C) groups is 1. The van der Waals surface area contributed by atoms with Crippen LogP contribution >= 0.6 is 0 Å². The van der Waals surface area contributed by atoms with Crippen LogP contribution < -0.4 is 0 Å². The van der Waals surface area contributed by atoms with Gasteiger partial charge in [0.05, 0.1) is 11.1 Å². The van der Waals surface area contributed by atoms with Gasteiger partial charge in [-0.05, 0) is 39.8 Å². The molecule has 0 aliphatic carbocycles. The van der Waals surface area contributed by atoms with Crippen molar-refractivity contribution in [2.24, 2.45) is 10.9 Å². The summed E-state index contributed by atoms with van der Waals surface area (Å²) < 4.78 is 0. The third kappa shape index (κ3) is 2.59. The van der Waals surface area contributed by atoms with Crippen molar-refractivity contribution >= 4 is 6.72 Å². The van der Waals surface area contributed by atoms with E-state index in [4.69, 9.17) is 0 Å². The second-order valence-electron chi connectivity index (χ2n) is 4.59. The molecule has 0 heterocycles. The summed E-state index contributed by atoms with van der Waals surface area (Å²) in [5.74, 6) is 0.520. The summed E-state index contributed by atoms with van der Waals surface area (Å²) in [6.45, 7) is 13.3. The van der Waals surface area contributed by atoms with Gasteiger partial charge in [-0.15, -0.1) is 0 Å². The van der Waals surface area contributed by atoms with E-state index in [2.05, 4.69) is 25.6 Å². The maximum Gasteiger partial charge on any atom is 0.0855 e. The predicted molar refractivity (Wildman–Crippen MR) is 53.7 cm³/mol. The van der Waals surface area contributed by atoms with Gasteiger partial charge in [-0.2, -0.15) is 0 Å². The molecule has 0 fully saturated rings. The standard InChI is InChI=1S/C10H21NO/c1-8(2)7-10(5,11-6)9(3,4)12/h8,12H,6-7H2,1-5H3. The highest BCUT2D eigenvalue weighted by molar-refractivity contribution is 5.27.